The second-order valence-electron chi connectivity index (χ2n) is 9.87. The molecule has 0 saturated heterocycles. The van der Waals surface area contributed by atoms with Gasteiger partial charge in [0, 0.05) is 46.1 Å². The number of hydrogen-bond donors (Lipinski definition) is 2. The summed E-state index contributed by atoms with van der Waals surface area (Å²) < 4.78 is 2.21. The standard InChI is InChI=1S/C31H30N4O/c1-20-19-35(24-14-15-26(31(32)36)28(17-24)34-23-9-3-2-4-10-23)29-13-7-11-25(30(20)29)22-16-21-8-5-6-12-27(21)33-18-22/h5-8,11-19,23,34H,2-4,9-10H2,1H3,(H2,32,36). The molecular formula is C31H30N4O. The van der Waals surface area contributed by atoms with Crippen molar-refractivity contribution in [3.05, 3.63) is 90.3 Å². The van der Waals surface area contributed by atoms with Crippen molar-refractivity contribution in [3.8, 4) is 16.8 Å². The Balaban J connectivity index is 1.45. The molecule has 2 aromatic heterocycles. The summed E-state index contributed by atoms with van der Waals surface area (Å²) in [5, 5.41) is 5.96. The van der Waals surface area contributed by atoms with E-state index in [1.165, 1.54) is 30.2 Å². The highest BCUT2D eigenvalue weighted by Crippen LogP contribution is 2.35. The van der Waals surface area contributed by atoms with Crippen LogP contribution in [0.5, 0.6) is 0 Å². The number of fused-ring (bicyclic) bond motifs is 2. The fourth-order valence-corrected chi connectivity index (χ4v) is 5.64. The number of benzene rings is 3. The molecule has 2 heterocycles. The average molecular weight is 475 g/mol. The van der Waals surface area contributed by atoms with Crippen molar-refractivity contribution in [2.45, 2.75) is 45.1 Å². The van der Waals surface area contributed by atoms with E-state index in [0.29, 0.717) is 11.6 Å². The van der Waals surface area contributed by atoms with Crippen LogP contribution in [0.2, 0.25) is 0 Å². The molecule has 36 heavy (non-hydrogen) atoms. The Kier molecular flexibility index (Phi) is 5.68. The van der Waals surface area contributed by atoms with E-state index in [2.05, 4.69) is 59.4 Å². The van der Waals surface area contributed by atoms with E-state index in [0.717, 1.165) is 51.8 Å². The van der Waals surface area contributed by atoms with Gasteiger partial charge < -0.3 is 15.6 Å². The van der Waals surface area contributed by atoms with Gasteiger partial charge in [0.15, 0.2) is 0 Å². The lowest BCUT2D eigenvalue weighted by atomic mass is 9.95. The zero-order valence-electron chi connectivity index (χ0n) is 20.5. The van der Waals surface area contributed by atoms with Gasteiger partial charge in [0.1, 0.15) is 0 Å². The average Bonchev–Trinajstić information content (AvgIpc) is 3.25. The van der Waals surface area contributed by atoms with Crippen LogP contribution in [0.4, 0.5) is 5.69 Å². The highest BCUT2D eigenvalue weighted by atomic mass is 16.1. The number of nitrogens with zero attached hydrogens (tertiary/aromatic N) is 2. The minimum Gasteiger partial charge on any atom is -0.382 e. The summed E-state index contributed by atoms with van der Waals surface area (Å²) in [6.07, 6.45) is 10.1. The van der Waals surface area contributed by atoms with Crippen LogP contribution in [-0.4, -0.2) is 21.5 Å². The van der Waals surface area contributed by atoms with Gasteiger partial charge in [0.25, 0.3) is 5.91 Å². The maximum absolute atomic E-state index is 12.2. The predicted octanol–water partition coefficient (Wildman–Crippen LogP) is 7.00. The van der Waals surface area contributed by atoms with E-state index in [1.54, 1.807) is 0 Å². The Morgan fingerprint density at radius 2 is 1.83 bits per heavy atom. The number of nitrogens with one attached hydrogen (secondary N) is 1. The van der Waals surface area contributed by atoms with Crippen molar-refractivity contribution in [2.75, 3.05) is 5.32 Å². The summed E-state index contributed by atoms with van der Waals surface area (Å²) >= 11 is 0. The molecule has 5 heteroatoms. The van der Waals surface area contributed by atoms with Gasteiger partial charge in [-0.1, -0.05) is 49.6 Å². The van der Waals surface area contributed by atoms with E-state index in [9.17, 15) is 4.79 Å². The van der Waals surface area contributed by atoms with E-state index in [4.69, 9.17) is 10.7 Å². The zero-order chi connectivity index (χ0) is 24.6. The molecule has 1 aliphatic rings. The Labute approximate surface area is 211 Å². The molecule has 1 amide bonds. The van der Waals surface area contributed by atoms with Crippen molar-refractivity contribution in [3.63, 3.8) is 0 Å². The summed E-state index contributed by atoms with van der Waals surface area (Å²) in [5.41, 5.74) is 13.7. The molecule has 1 saturated carbocycles. The molecule has 3 N–H and O–H groups in total. The Morgan fingerprint density at radius 3 is 2.67 bits per heavy atom. The van der Waals surface area contributed by atoms with Gasteiger partial charge in [0.2, 0.25) is 0 Å². The van der Waals surface area contributed by atoms with Crippen molar-refractivity contribution < 1.29 is 4.79 Å². The number of amides is 1. The minimum absolute atomic E-state index is 0.377. The molecule has 3 aromatic carbocycles. The fourth-order valence-electron chi connectivity index (χ4n) is 5.64. The molecule has 0 radical (unpaired) electrons. The van der Waals surface area contributed by atoms with Gasteiger partial charge in [-0.25, -0.2) is 0 Å². The lowest BCUT2D eigenvalue weighted by Gasteiger charge is -2.25. The van der Waals surface area contributed by atoms with Crippen LogP contribution in [0.15, 0.2) is 79.1 Å². The number of aryl methyl sites for hydroxylation is 1. The monoisotopic (exact) mass is 474 g/mol. The molecule has 0 spiro atoms. The van der Waals surface area contributed by atoms with Crippen LogP contribution in [-0.2, 0) is 0 Å². The van der Waals surface area contributed by atoms with Crippen molar-refractivity contribution >= 4 is 33.4 Å². The number of rotatable bonds is 5. The second kappa shape index (κ2) is 9.15. The SMILES string of the molecule is Cc1cn(-c2ccc(C(N)=O)c(NC3CCCCC3)c2)c2cccc(-c3cnc4ccccc4c3)c12. The summed E-state index contributed by atoms with van der Waals surface area (Å²) in [6.45, 7) is 2.15. The molecule has 1 aliphatic carbocycles. The first-order valence-corrected chi connectivity index (χ1v) is 12.7. The molecule has 5 nitrogen and oxygen atoms in total. The number of aromatic nitrogens is 2. The van der Waals surface area contributed by atoms with Gasteiger partial charge in [-0.15, -0.1) is 0 Å². The predicted molar refractivity (Wildman–Crippen MR) is 148 cm³/mol. The van der Waals surface area contributed by atoms with Crippen molar-refractivity contribution in [2.24, 2.45) is 5.73 Å². The van der Waals surface area contributed by atoms with Crippen LogP contribution in [0.25, 0.3) is 38.6 Å². The van der Waals surface area contributed by atoms with Crippen LogP contribution < -0.4 is 11.1 Å². The van der Waals surface area contributed by atoms with E-state index < -0.39 is 5.91 Å². The largest absolute Gasteiger partial charge is 0.382 e. The van der Waals surface area contributed by atoms with Gasteiger partial charge in [-0.2, -0.15) is 0 Å². The van der Waals surface area contributed by atoms with Crippen molar-refractivity contribution in [1.29, 1.82) is 0 Å². The van der Waals surface area contributed by atoms with Crippen LogP contribution in [0, 0.1) is 6.92 Å². The first-order valence-electron chi connectivity index (χ1n) is 12.7. The summed E-state index contributed by atoms with van der Waals surface area (Å²) in [7, 11) is 0. The van der Waals surface area contributed by atoms with Crippen LogP contribution in [0.3, 0.4) is 0 Å². The first-order chi connectivity index (χ1) is 17.6. The molecule has 180 valence electrons. The highest BCUT2D eigenvalue weighted by molar-refractivity contribution is 6.01. The number of para-hydroxylation sites is 1. The maximum atomic E-state index is 12.2. The third kappa shape index (κ3) is 4.01. The van der Waals surface area contributed by atoms with E-state index >= 15 is 0 Å². The molecule has 0 bridgehead atoms. The first kappa shape index (κ1) is 22.4. The fraction of sp³-hybridized carbons (Fsp3) is 0.226. The number of primary amides is 1. The number of pyridine rings is 1. The van der Waals surface area contributed by atoms with Crippen LogP contribution in [0.1, 0.15) is 48.0 Å². The van der Waals surface area contributed by atoms with Gasteiger partial charge in [0.05, 0.1) is 16.6 Å². The van der Waals surface area contributed by atoms with Gasteiger partial charge in [-0.3, -0.25) is 9.78 Å². The molecule has 0 unspecified atom stereocenters. The Morgan fingerprint density at radius 1 is 1.00 bits per heavy atom. The quantitative estimate of drug-likeness (QED) is 0.288. The zero-order valence-corrected chi connectivity index (χ0v) is 20.5. The number of nitrogens with two attached hydrogens (primary N) is 1. The third-order valence-electron chi connectivity index (χ3n) is 7.43. The number of hydrogen-bond acceptors (Lipinski definition) is 3. The highest BCUT2D eigenvalue weighted by Gasteiger charge is 2.18. The molecule has 1 fully saturated rings. The third-order valence-corrected chi connectivity index (χ3v) is 7.43. The topological polar surface area (TPSA) is 72.9 Å². The molecule has 0 atom stereocenters. The lowest BCUT2D eigenvalue weighted by Crippen LogP contribution is -2.24. The minimum atomic E-state index is -0.403. The summed E-state index contributed by atoms with van der Waals surface area (Å²) in [4.78, 5) is 16.9. The van der Waals surface area contributed by atoms with Gasteiger partial charge >= 0.3 is 0 Å². The summed E-state index contributed by atoms with van der Waals surface area (Å²) in [6, 6.07) is 23.1. The molecule has 0 aliphatic heterocycles. The Hall–Kier alpha value is -4.12. The normalized spacial score (nSPS) is 14.4. The smallest absolute Gasteiger partial charge is 0.250 e. The molecule has 6 rings (SSSR count). The maximum Gasteiger partial charge on any atom is 0.250 e. The lowest BCUT2D eigenvalue weighted by molar-refractivity contribution is 0.100. The van der Waals surface area contributed by atoms with Crippen molar-refractivity contribution in [1.82, 2.24) is 9.55 Å². The van der Waals surface area contributed by atoms with E-state index in [-0.39, 0.29) is 0 Å². The number of carbonyl (C=O) groups is 1. The Bertz CT molecular complexity index is 1590. The van der Waals surface area contributed by atoms with E-state index in [1.807, 2.05) is 36.5 Å². The van der Waals surface area contributed by atoms with Gasteiger partial charge in [-0.05, 0) is 67.3 Å². The molecule has 5 aromatic rings. The van der Waals surface area contributed by atoms with Crippen LogP contribution >= 0.6 is 0 Å². The summed E-state index contributed by atoms with van der Waals surface area (Å²) in [5.74, 6) is -0.403. The molecular weight excluding hydrogens is 444 g/mol. The number of carbonyl (C=O) groups excluding carboxylic acids is 1. The second-order valence-corrected chi connectivity index (χ2v) is 9.87. The number of anilines is 1.